The molecule has 2 unspecified atom stereocenters. The van der Waals surface area contributed by atoms with E-state index in [0.717, 1.165) is 25.7 Å². The molecule has 0 rings (SSSR count). The van der Waals surface area contributed by atoms with Gasteiger partial charge in [-0.05, 0) is 6.42 Å². The third-order valence-electron chi connectivity index (χ3n) is 2.04. The first-order chi connectivity index (χ1) is 9.97. The van der Waals surface area contributed by atoms with Gasteiger partial charge in [0.25, 0.3) is 0 Å². The van der Waals surface area contributed by atoms with Crippen molar-refractivity contribution >= 4 is 23.5 Å². The van der Waals surface area contributed by atoms with Crippen LogP contribution in [0, 0.1) is 0 Å². The van der Waals surface area contributed by atoms with E-state index in [0.29, 0.717) is 6.61 Å². The van der Waals surface area contributed by atoms with Crippen molar-refractivity contribution in [3.8, 4) is 0 Å². The van der Waals surface area contributed by atoms with E-state index in [2.05, 4.69) is 20.1 Å². The summed E-state index contributed by atoms with van der Waals surface area (Å²) in [4.78, 5) is 34.7. The number of hydrogen-bond acceptors (Lipinski definition) is 7. The predicted molar refractivity (Wildman–Crippen MR) is 74.8 cm³/mol. The molecule has 14 heteroatoms. The minimum Gasteiger partial charge on any atom is -0.379 e. The number of phosphoric acid groups is 3. The summed E-state index contributed by atoms with van der Waals surface area (Å²) in [6, 6.07) is 0. The summed E-state index contributed by atoms with van der Waals surface area (Å²) < 4.78 is 49.1. The molecule has 11 nitrogen and oxygen atoms in total. The lowest BCUT2D eigenvalue weighted by molar-refractivity contribution is 0.0821. The highest BCUT2D eigenvalue weighted by Crippen LogP contribution is 2.66. The third-order valence-corrected chi connectivity index (χ3v) is 5.88. The van der Waals surface area contributed by atoms with Gasteiger partial charge in [-0.25, -0.2) is 13.7 Å². The smallest absolute Gasteiger partial charge is 0.379 e. The Hall–Kier alpha value is 0.370. The van der Waals surface area contributed by atoms with Crippen molar-refractivity contribution in [1.29, 1.82) is 0 Å². The summed E-state index contributed by atoms with van der Waals surface area (Å²) >= 11 is 0. The molecule has 0 spiro atoms. The molecule has 134 valence electrons. The molecule has 0 aliphatic rings. The Balaban J connectivity index is 3.98. The second-order valence-corrected chi connectivity index (χ2v) is 8.52. The molecule has 0 aromatic carbocycles. The van der Waals surface area contributed by atoms with Gasteiger partial charge in [-0.1, -0.05) is 26.2 Å². The second-order valence-electron chi connectivity index (χ2n) is 4.10. The molecule has 0 radical (unpaired) electrons. The largest absolute Gasteiger partial charge is 0.490 e. The molecule has 2 atom stereocenters. The Morgan fingerprint density at radius 1 is 0.773 bits per heavy atom. The van der Waals surface area contributed by atoms with Crippen LogP contribution in [-0.4, -0.2) is 39.4 Å². The Bertz CT molecular complexity index is 447. The van der Waals surface area contributed by atoms with Crippen molar-refractivity contribution in [2.45, 2.75) is 32.6 Å². The molecular formula is C8H21O11P3. The van der Waals surface area contributed by atoms with Crippen molar-refractivity contribution < 1.29 is 51.2 Å². The Kier molecular flexibility index (Phi) is 10.5. The van der Waals surface area contributed by atoms with Crippen LogP contribution >= 0.6 is 23.5 Å². The minimum absolute atomic E-state index is 0.0604. The lowest BCUT2D eigenvalue weighted by Crippen LogP contribution is -2.05. The lowest BCUT2D eigenvalue weighted by Gasteiger charge is -2.16. The van der Waals surface area contributed by atoms with Crippen LogP contribution in [0.5, 0.6) is 0 Å². The van der Waals surface area contributed by atoms with Gasteiger partial charge in [-0.3, -0.25) is 4.52 Å². The topological polar surface area (TPSA) is 169 Å². The number of phosphoric ester groups is 1. The van der Waals surface area contributed by atoms with Gasteiger partial charge in [-0.2, -0.15) is 8.62 Å². The molecule has 0 aliphatic heterocycles. The summed E-state index contributed by atoms with van der Waals surface area (Å²) in [6.07, 6.45) is 3.96. The number of hydrogen-bond donors (Lipinski definition) is 4. The summed E-state index contributed by atoms with van der Waals surface area (Å²) in [6.45, 7) is 2.01. The van der Waals surface area contributed by atoms with Gasteiger partial charge < -0.3 is 24.3 Å². The normalized spacial score (nSPS) is 17.9. The van der Waals surface area contributed by atoms with Gasteiger partial charge in [0.1, 0.15) is 0 Å². The Labute approximate surface area is 128 Å². The molecule has 0 aliphatic carbocycles. The molecule has 0 amide bonds. The zero-order valence-corrected chi connectivity index (χ0v) is 14.6. The average molecular weight is 386 g/mol. The van der Waals surface area contributed by atoms with E-state index in [1.54, 1.807) is 0 Å². The van der Waals surface area contributed by atoms with E-state index in [4.69, 9.17) is 24.3 Å². The number of rotatable bonds is 13. The summed E-state index contributed by atoms with van der Waals surface area (Å²) in [7, 11) is -15.9. The van der Waals surface area contributed by atoms with Gasteiger partial charge in [0.15, 0.2) is 0 Å². The van der Waals surface area contributed by atoms with Gasteiger partial charge in [-0.15, -0.1) is 0 Å². The molecule has 0 heterocycles. The maximum atomic E-state index is 11.3. The molecule has 0 saturated carbocycles. The maximum Gasteiger partial charge on any atom is 0.490 e. The van der Waals surface area contributed by atoms with Crippen molar-refractivity contribution in [2.75, 3.05) is 19.8 Å². The first kappa shape index (κ1) is 22.4. The average Bonchev–Trinajstić information content (AvgIpc) is 2.27. The van der Waals surface area contributed by atoms with Crippen molar-refractivity contribution in [3.05, 3.63) is 0 Å². The zero-order valence-electron chi connectivity index (χ0n) is 11.9. The van der Waals surface area contributed by atoms with Gasteiger partial charge in [0.05, 0.1) is 13.2 Å². The molecular weight excluding hydrogens is 365 g/mol. The zero-order chi connectivity index (χ0) is 17.3. The molecule has 0 saturated heterocycles. The van der Waals surface area contributed by atoms with E-state index >= 15 is 0 Å². The third kappa shape index (κ3) is 14.0. The second kappa shape index (κ2) is 10.3. The monoisotopic (exact) mass is 386 g/mol. The molecule has 0 fully saturated rings. The van der Waals surface area contributed by atoms with E-state index < -0.39 is 30.1 Å². The van der Waals surface area contributed by atoms with Gasteiger partial charge >= 0.3 is 23.5 Å². The Morgan fingerprint density at radius 3 is 1.95 bits per heavy atom. The highest BCUT2D eigenvalue weighted by molar-refractivity contribution is 7.66. The van der Waals surface area contributed by atoms with Crippen molar-refractivity contribution in [1.82, 2.24) is 0 Å². The van der Waals surface area contributed by atoms with Crippen molar-refractivity contribution in [3.63, 3.8) is 0 Å². The van der Waals surface area contributed by atoms with Crippen molar-refractivity contribution in [2.24, 2.45) is 0 Å². The van der Waals surface area contributed by atoms with Crippen LogP contribution in [0.25, 0.3) is 0 Å². The fraction of sp³-hybridized carbons (Fsp3) is 1.00. The fourth-order valence-corrected chi connectivity index (χ4v) is 4.25. The first-order valence-electron chi connectivity index (χ1n) is 6.33. The van der Waals surface area contributed by atoms with Crippen LogP contribution in [0.3, 0.4) is 0 Å². The van der Waals surface area contributed by atoms with Crippen LogP contribution in [0.4, 0.5) is 0 Å². The quantitative estimate of drug-likeness (QED) is 0.269. The predicted octanol–water partition coefficient (Wildman–Crippen LogP) is 1.93. The Morgan fingerprint density at radius 2 is 1.41 bits per heavy atom. The fourth-order valence-electron chi connectivity index (χ4n) is 1.25. The van der Waals surface area contributed by atoms with E-state index in [9.17, 15) is 13.7 Å². The molecule has 0 aromatic rings. The molecule has 22 heavy (non-hydrogen) atoms. The van der Waals surface area contributed by atoms with Crippen LogP contribution in [-0.2, 0) is 31.6 Å². The van der Waals surface area contributed by atoms with Crippen LogP contribution < -0.4 is 0 Å². The highest BCUT2D eigenvalue weighted by atomic mass is 31.3. The van der Waals surface area contributed by atoms with Gasteiger partial charge in [0, 0.05) is 6.61 Å². The summed E-state index contributed by atoms with van der Waals surface area (Å²) in [5.41, 5.74) is 0. The molecule has 0 aromatic heterocycles. The summed E-state index contributed by atoms with van der Waals surface area (Å²) in [5.74, 6) is 0. The van der Waals surface area contributed by atoms with Crippen LogP contribution in [0.15, 0.2) is 0 Å². The summed E-state index contributed by atoms with van der Waals surface area (Å²) in [5, 5.41) is 0. The minimum atomic E-state index is -5.45. The highest BCUT2D eigenvalue weighted by Gasteiger charge is 2.40. The van der Waals surface area contributed by atoms with E-state index in [1.807, 2.05) is 0 Å². The first-order valence-corrected chi connectivity index (χ1v) is 10.9. The van der Waals surface area contributed by atoms with Crippen LogP contribution in [0.2, 0.25) is 0 Å². The van der Waals surface area contributed by atoms with E-state index in [1.165, 1.54) is 0 Å². The van der Waals surface area contributed by atoms with Crippen LogP contribution in [0.1, 0.15) is 32.6 Å². The number of unbranched alkanes of at least 4 members (excludes halogenated alkanes) is 3. The standard InChI is InChI=1S/C8H21O11P3/c1-2-3-4-5-6-16-7-8-17-21(12,13)19-22(14,15)18-20(9,10)11/h2-8H2,1H3,(H,12,13)(H,14,15)(H2,9,10,11). The maximum absolute atomic E-state index is 11.3. The van der Waals surface area contributed by atoms with Gasteiger partial charge in [0.2, 0.25) is 0 Å². The molecule has 4 N–H and O–H groups in total. The SMILES string of the molecule is CCCCCCOCCOP(=O)(O)OP(=O)(O)OP(=O)(O)O. The lowest BCUT2D eigenvalue weighted by atomic mass is 10.2. The van der Waals surface area contributed by atoms with E-state index in [-0.39, 0.29) is 6.61 Å². The molecule has 0 bridgehead atoms. The number of ether oxygens (including phenoxy) is 1.